The molecule has 0 aromatic heterocycles. The van der Waals surface area contributed by atoms with E-state index in [1.165, 1.54) is 24.9 Å². The molecule has 3 aromatic carbocycles. The van der Waals surface area contributed by atoms with Gasteiger partial charge in [0.05, 0.1) is 0 Å². The van der Waals surface area contributed by atoms with Crippen LogP contribution in [-0.4, -0.2) is 22.1 Å². The van der Waals surface area contributed by atoms with Crippen LogP contribution in [0.1, 0.15) is 36.5 Å². The Kier molecular flexibility index (Phi) is 14.5. The summed E-state index contributed by atoms with van der Waals surface area (Å²) >= 11 is 1.37. The Bertz CT molecular complexity index is 1370. The summed E-state index contributed by atoms with van der Waals surface area (Å²) in [4.78, 5) is 5.18. The third kappa shape index (κ3) is 6.23. The molecule has 0 N–H and O–H groups in total. The second-order valence-corrected chi connectivity index (χ2v) is 11.0. The summed E-state index contributed by atoms with van der Waals surface area (Å²) in [6.07, 6.45) is 0. The quantitative estimate of drug-likeness (QED) is 0.275. The van der Waals surface area contributed by atoms with Gasteiger partial charge in [-0.25, -0.2) is 0 Å². The molecule has 6 rings (SSSR count). The predicted molar refractivity (Wildman–Crippen MR) is 142 cm³/mol. The molecule has 210 valence electrons. The van der Waals surface area contributed by atoms with Gasteiger partial charge in [0.1, 0.15) is 0 Å². The van der Waals surface area contributed by atoms with Crippen LogP contribution < -0.4 is 0 Å². The van der Waals surface area contributed by atoms with Gasteiger partial charge in [-0.05, 0) is 0 Å². The van der Waals surface area contributed by atoms with Gasteiger partial charge in [0.15, 0.2) is 0 Å². The molecule has 3 aliphatic rings. The zero-order valence-corrected chi connectivity index (χ0v) is 25.7. The summed E-state index contributed by atoms with van der Waals surface area (Å²) in [5.41, 5.74) is 2.32. The maximum absolute atomic E-state index is 7.50. The molecule has 0 bridgehead atoms. The van der Waals surface area contributed by atoms with Crippen LogP contribution in [0.15, 0.2) is 96.0 Å². The molecule has 3 aromatic rings. The van der Waals surface area contributed by atoms with Crippen LogP contribution >= 0.6 is 0 Å². The standard InChI is InChI=1S/C28H25NO2.5CO.W/c1-26(2)19-30-25(29-26)27-23(24(27)20-12-6-3-7-13-20)18-31-28(27,21-14-8-4-9-15-21)22-16-10-5-11-17-22;5*1-2;/h3-17,23-24H,19H2,1-2H3;;;;;;/t23-,24-,27-;;;;;;/m1....../s1. The molecule has 0 radical (unpaired) electrons. The molecular weight excluding hydrogens is 706 g/mol. The van der Waals surface area contributed by atoms with E-state index in [-0.39, 0.29) is 17.4 Å². The van der Waals surface area contributed by atoms with E-state index in [4.69, 9.17) is 37.7 Å². The molecule has 9 heteroatoms. The van der Waals surface area contributed by atoms with Crippen molar-refractivity contribution in [3.8, 4) is 0 Å². The van der Waals surface area contributed by atoms with Crippen LogP contribution in [0.5, 0.6) is 0 Å². The van der Waals surface area contributed by atoms with Gasteiger partial charge >= 0.3 is 257 Å². The van der Waals surface area contributed by atoms with Crippen LogP contribution in [0, 0.1) is 44.6 Å². The van der Waals surface area contributed by atoms with E-state index in [0.29, 0.717) is 6.61 Å². The molecular formula is C33H25NO7W. The minimum absolute atomic E-state index is 0.235. The van der Waals surface area contributed by atoms with Crippen LogP contribution in [0.3, 0.4) is 0 Å². The molecule has 2 heterocycles. The van der Waals surface area contributed by atoms with Gasteiger partial charge in [-0.2, -0.15) is 0 Å². The van der Waals surface area contributed by atoms with E-state index in [2.05, 4.69) is 138 Å². The number of nitrogens with zero attached hydrogens (tertiary/aromatic N) is 1. The van der Waals surface area contributed by atoms with E-state index in [1.807, 2.05) is 0 Å². The third-order valence-corrected chi connectivity index (χ3v) is 8.35. The van der Waals surface area contributed by atoms with Gasteiger partial charge in [0.2, 0.25) is 0 Å². The van der Waals surface area contributed by atoms with Gasteiger partial charge in [-0.3, -0.25) is 0 Å². The van der Waals surface area contributed by atoms with E-state index < -0.39 is 11.0 Å². The Morgan fingerprint density at radius 1 is 0.667 bits per heavy atom. The first-order chi connectivity index (χ1) is 20.5. The first kappa shape index (κ1) is 36.4. The monoisotopic (exact) mass is 731 g/mol. The zero-order valence-electron chi connectivity index (χ0n) is 22.7. The number of fused-ring (bicyclic) bond motifs is 1. The van der Waals surface area contributed by atoms with Crippen LogP contribution in [0.4, 0.5) is 0 Å². The number of rotatable bonds is 4. The van der Waals surface area contributed by atoms with Crippen LogP contribution in [0.25, 0.3) is 0 Å². The van der Waals surface area contributed by atoms with Crippen molar-refractivity contribution >= 4 is 9.98 Å². The SMILES string of the molecule is CC1(C)COC([C@]23[C@H]([C](=[W])OC2(c2ccccc2)c2ccccc2)[C@H]3c2ccccc2)=N1.[C-]#[O+].[C-]#[O+].[C-]#[O+].[C-]#[O+].[C-]#[O+]. The van der Waals surface area contributed by atoms with Gasteiger partial charge in [-0.15, -0.1) is 0 Å². The molecule has 0 amide bonds. The third-order valence-electron chi connectivity index (χ3n) is 7.14. The Balaban J connectivity index is 0.000000803. The number of aliphatic imine (C=N–C) groups is 1. The number of hydrogen-bond acceptors (Lipinski definition) is 3. The first-order valence-electron chi connectivity index (χ1n) is 12.1. The summed E-state index contributed by atoms with van der Waals surface area (Å²) in [5, 5.41) is 0. The average molecular weight is 731 g/mol. The van der Waals surface area contributed by atoms with Crippen molar-refractivity contribution in [1.82, 2.24) is 0 Å². The molecule has 0 unspecified atom stereocenters. The van der Waals surface area contributed by atoms with Crippen molar-refractivity contribution in [2.45, 2.75) is 30.9 Å². The van der Waals surface area contributed by atoms with Crippen LogP contribution in [0.2, 0.25) is 0 Å². The predicted octanol–water partition coefficient (Wildman–Crippen LogP) is 5.06. The Morgan fingerprint density at radius 3 is 1.45 bits per heavy atom. The Labute approximate surface area is 256 Å². The van der Waals surface area contributed by atoms with Gasteiger partial charge in [-0.1, -0.05) is 0 Å². The molecule has 8 nitrogen and oxygen atoms in total. The first-order valence-corrected chi connectivity index (χ1v) is 13.6. The molecule has 1 saturated carbocycles. The zero-order chi connectivity index (χ0) is 32.0. The van der Waals surface area contributed by atoms with E-state index in [9.17, 15) is 0 Å². The fourth-order valence-electron chi connectivity index (χ4n) is 5.88. The number of benzene rings is 3. The minimum atomic E-state index is -0.684. The summed E-state index contributed by atoms with van der Waals surface area (Å²) in [7, 11) is 0. The summed E-state index contributed by atoms with van der Waals surface area (Å²) in [5.74, 6) is 1.36. The van der Waals surface area contributed by atoms with E-state index in [1.54, 1.807) is 0 Å². The molecule has 1 aliphatic carbocycles. The maximum atomic E-state index is 7.50. The van der Waals surface area contributed by atoms with Crippen molar-refractivity contribution in [3.63, 3.8) is 0 Å². The molecule has 1 saturated heterocycles. The van der Waals surface area contributed by atoms with Gasteiger partial charge in [0.25, 0.3) is 0 Å². The van der Waals surface area contributed by atoms with Gasteiger partial charge < -0.3 is 0 Å². The van der Waals surface area contributed by atoms with Gasteiger partial charge in [0, 0.05) is 0 Å². The van der Waals surface area contributed by atoms with Crippen molar-refractivity contribution in [3.05, 3.63) is 141 Å². The van der Waals surface area contributed by atoms with E-state index in [0.717, 1.165) is 21.1 Å². The fourth-order valence-corrected chi connectivity index (χ4v) is 7.49. The van der Waals surface area contributed by atoms with Crippen molar-refractivity contribution in [2.24, 2.45) is 16.3 Å². The molecule has 0 spiro atoms. The Hall–Kier alpha value is -3.65. The number of ether oxygens (including phenoxy) is 2. The average Bonchev–Trinajstić information content (AvgIpc) is 3.55. The topological polar surface area (TPSA) is 130 Å². The molecule has 2 aliphatic heterocycles. The molecule has 42 heavy (non-hydrogen) atoms. The van der Waals surface area contributed by atoms with Crippen molar-refractivity contribution < 1.29 is 52.1 Å². The molecule has 2 fully saturated rings. The Morgan fingerprint density at radius 2 is 1.07 bits per heavy atom. The normalized spacial score (nSPS) is 22.5. The van der Waals surface area contributed by atoms with E-state index >= 15 is 0 Å². The second kappa shape index (κ2) is 16.7. The van der Waals surface area contributed by atoms with Crippen LogP contribution in [-0.2, 0) is 57.7 Å². The fraction of sp³-hybridized carbons (Fsp3) is 0.242. The molecule has 3 atom stereocenters. The summed E-state index contributed by atoms with van der Waals surface area (Å²) in [6, 6.07) is 32.2. The number of hydrogen-bond donors (Lipinski definition) is 0. The summed E-state index contributed by atoms with van der Waals surface area (Å²) in [6.45, 7) is 27.4. The van der Waals surface area contributed by atoms with Crippen molar-refractivity contribution in [2.75, 3.05) is 6.61 Å². The summed E-state index contributed by atoms with van der Waals surface area (Å²) < 4.78 is 52.1. The van der Waals surface area contributed by atoms with Crippen molar-refractivity contribution in [1.29, 1.82) is 0 Å². The second-order valence-electron chi connectivity index (χ2n) is 9.59.